The number of ketones is 1. The van der Waals surface area contributed by atoms with Crippen LogP contribution in [-0.4, -0.2) is 118 Å². The molecule has 2 aliphatic heterocycles. The molecule has 3 aliphatic rings. The predicted molar refractivity (Wildman–Crippen MR) is 234 cm³/mol. The number of nitrogens with zero attached hydrogens (tertiary/aromatic N) is 4. The number of fused-ring (bicyclic) bond motifs is 6. The summed E-state index contributed by atoms with van der Waals surface area (Å²) >= 11 is 6.88. The Hall–Kier alpha value is -4.64. The number of hydrogen-bond acceptors (Lipinski definition) is 12. The molecule has 9 atom stereocenters. The number of esters is 1. The van der Waals surface area contributed by atoms with Crippen molar-refractivity contribution in [1.82, 2.24) is 30.2 Å². The molecular formula is C46H61ClN6O9. The van der Waals surface area contributed by atoms with Crippen LogP contribution in [0.2, 0.25) is 5.02 Å². The van der Waals surface area contributed by atoms with Crippen LogP contribution in [0.3, 0.4) is 0 Å². The lowest BCUT2D eigenvalue weighted by molar-refractivity contribution is -0.162. The number of likely N-dealkylation sites (N-methyl/N-ethyl adjacent to an activating group) is 1. The standard InChI is InChI=1S/C46H61ClN6O9/c1-26-13-11-15-37(59-10)46(58)24-36(60-44(57)50-46)29(4)41-45(6,62-41)38(23-35(54)28(3)34-21-31(19-26)20-27(2)40(34)47)61-43(56)30(5)52(9)39(55)16-18-53-33(25-51(8)48-7)22-32-14-12-17-49-42(32)53/h11-15,17,20-22,28-30,36-38,41,48,58H,16,18-19,23-25H2,1-10H3,(H,50,57)/b15-11+,26-13+/t28?,29-,30+,36+,37-,38+,41?,45+,46-/m1/s1. The van der Waals surface area contributed by atoms with Crippen molar-refractivity contribution in [2.45, 2.75) is 128 Å². The SMILES string of the molecule is CNN(C)Cc1cc2cccnc2n1CCC(=O)N(C)[C@@H](C)C(=O)O[C@H]1CC(=O)C(C)c2cc(cc(C)c2Cl)C/C(C)=C/C=C/[C@@H](OC)[C@]2(O)C[C@H](OC(=O)N2)[C@@H](C)C2O[C@]21C. The van der Waals surface area contributed by atoms with Crippen LogP contribution in [0.15, 0.2) is 60.3 Å². The van der Waals surface area contributed by atoms with Gasteiger partial charge in [0.05, 0.1) is 12.6 Å². The molecule has 336 valence electrons. The Bertz CT molecular complexity index is 2240. The highest BCUT2D eigenvalue weighted by molar-refractivity contribution is 6.32. The van der Waals surface area contributed by atoms with Crippen molar-refractivity contribution in [1.29, 1.82) is 0 Å². The van der Waals surface area contributed by atoms with E-state index in [1.165, 1.54) is 12.0 Å². The molecule has 2 saturated heterocycles. The zero-order chi connectivity index (χ0) is 45.3. The number of nitrogens with one attached hydrogen (secondary N) is 2. The summed E-state index contributed by atoms with van der Waals surface area (Å²) in [6.07, 6.45) is 3.09. The summed E-state index contributed by atoms with van der Waals surface area (Å²) in [6.45, 7) is 11.7. The van der Waals surface area contributed by atoms with E-state index in [0.29, 0.717) is 30.1 Å². The molecule has 15 nitrogen and oxygen atoms in total. The largest absolute Gasteiger partial charge is 0.457 e. The monoisotopic (exact) mass is 876 g/mol. The van der Waals surface area contributed by atoms with Crippen LogP contribution in [0, 0.1) is 12.8 Å². The second-order valence-corrected chi connectivity index (χ2v) is 17.7. The summed E-state index contributed by atoms with van der Waals surface area (Å²) in [6, 6.07) is 8.79. The Morgan fingerprint density at radius 3 is 2.65 bits per heavy atom. The lowest BCUT2D eigenvalue weighted by Gasteiger charge is -2.42. The second-order valence-electron chi connectivity index (χ2n) is 17.4. The summed E-state index contributed by atoms with van der Waals surface area (Å²) in [5.41, 5.74) is 5.21. The number of epoxide rings is 1. The summed E-state index contributed by atoms with van der Waals surface area (Å²) in [4.78, 5) is 61.2. The lowest BCUT2D eigenvalue weighted by atomic mass is 9.82. The van der Waals surface area contributed by atoms with E-state index in [1.54, 1.807) is 46.2 Å². The van der Waals surface area contributed by atoms with Crippen LogP contribution in [-0.2, 0) is 52.8 Å². The van der Waals surface area contributed by atoms with Gasteiger partial charge in [-0.1, -0.05) is 61.4 Å². The number of carbonyl (C=O) groups is 4. The van der Waals surface area contributed by atoms with Crippen LogP contribution in [0.1, 0.15) is 82.2 Å². The number of aromatic nitrogens is 2. The number of amides is 2. The summed E-state index contributed by atoms with van der Waals surface area (Å²) in [5.74, 6) is -2.43. The van der Waals surface area contributed by atoms with Gasteiger partial charge in [-0.25, -0.2) is 19.6 Å². The number of aryl methyl sites for hydroxylation is 2. The van der Waals surface area contributed by atoms with E-state index in [0.717, 1.165) is 33.4 Å². The van der Waals surface area contributed by atoms with E-state index in [9.17, 15) is 24.3 Å². The molecule has 0 radical (unpaired) electrons. The summed E-state index contributed by atoms with van der Waals surface area (Å²) < 4.78 is 26.0. The Morgan fingerprint density at radius 1 is 1.19 bits per heavy atom. The quantitative estimate of drug-likeness (QED) is 0.132. The van der Waals surface area contributed by atoms with Gasteiger partial charge in [-0.15, -0.1) is 0 Å². The number of pyridine rings is 1. The van der Waals surface area contributed by atoms with Gasteiger partial charge in [0.25, 0.3) is 0 Å². The first-order valence-corrected chi connectivity index (χ1v) is 21.5. The normalized spacial score (nSPS) is 29.8. The number of aliphatic hydroxyl groups is 1. The van der Waals surface area contributed by atoms with E-state index in [4.69, 9.17) is 30.5 Å². The molecule has 0 spiro atoms. The van der Waals surface area contributed by atoms with Crippen molar-refractivity contribution >= 4 is 46.4 Å². The van der Waals surface area contributed by atoms with Gasteiger partial charge in [-0.2, -0.15) is 0 Å². The third kappa shape index (κ3) is 9.93. The summed E-state index contributed by atoms with van der Waals surface area (Å²) in [7, 11) is 6.76. The molecule has 3 aromatic rings. The highest BCUT2D eigenvalue weighted by Crippen LogP contribution is 2.49. The van der Waals surface area contributed by atoms with Crippen molar-refractivity contribution in [2.75, 3.05) is 28.3 Å². The molecule has 1 aromatic carbocycles. The topological polar surface area (TPSA) is 177 Å². The van der Waals surface area contributed by atoms with Gasteiger partial charge in [-0.05, 0) is 76.1 Å². The van der Waals surface area contributed by atoms with E-state index in [1.807, 2.05) is 80.9 Å². The van der Waals surface area contributed by atoms with Gasteiger partial charge in [0.15, 0.2) is 5.72 Å². The van der Waals surface area contributed by atoms with Crippen LogP contribution < -0.4 is 10.7 Å². The van der Waals surface area contributed by atoms with Gasteiger partial charge in [-0.3, -0.25) is 20.3 Å². The van der Waals surface area contributed by atoms with E-state index in [-0.39, 0.29) is 31.0 Å². The van der Waals surface area contributed by atoms with E-state index < -0.39 is 65.7 Å². The summed E-state index contributed by atoms with van der Waals surface area (Å²) in [5, 5.41) is 17.7. The molecule has 2 aromatic heterocycles. The number of carbonyl (C=O) groups excluding carboxylic acids is 4. The lowest BCUT2D eigenvalue weighted by Crippen LogP contribution is -2.63. The van der Waals surface area contributed by atoms with Crippen LogP contribution in [0.4, 0.5) is 4.79 Å². The maximum Gasteiger partial charge on any atom is 0.409 e. The van der Waals surface area contributed by atoms with Gasteiger partial charge in [0.2, 0.25) is 5.91 Å². The average molecular weight is 877 g/mol. The minimum atomic E-state index is -1.82. The number of allylic oxidation sites excluding steroid dienone is 3. The van der Waals surface area contributed by atoms with Gasteiger partial charge < -0.3 is 33.5 Å². The number of ether oxygens (including phenoxy) is 4. The van der Waals surface area contributed by atoms with Crippen LogP contribution >= 0.6 is 11.6 Å². The number of hydrazine groups is 1. The number of hydrogen-bond donors (Lipinski definition) is 3. The molecule has 6 rings (SSSR count). The zero-order valence-electron chi connectivity index (χ0n) is 37.4. The van der Waals surface area contributed by atoms with Gasteiger partial charge >= 0.3 is 12.1 Å². The first kappa shape index (κ1) is 46.9. The molecule has 0 saturated carbocycles. The molecule has 2 amide bonds. The fraction of sp³-hybridized carbons (Fsp3) is 0.543. The van der Waals surface area contributed by atoms with Crippen molar-refractivity contribution in [3.05, 3.63) is 87.7 Å². The zero-order valence-corrected chi connectivity index (χ0v) is 38.1. The highest BCUT2D eigenvalue weighted by Gasteiger charge is 2.64. The van der Waals surface area contributed by atoms with E-state index in [2.05, 4.69) is 15.7 Å². The molecule has 4 bridgehead atoms. The molecule has 3 N–H and O–H groups in total. The second kappa shape index (κ2) is 19.0. The maximum atomic E-state index is 14.4. The maximum absolute atomic E-state index is 14.4. The minimum absolute atomic E-state index is 0.0437. The van der Waals surface area contributed by atoms with Crippen molar-refractivity contribution in [3.63, 3.8) is 0 Å². The number of halogens is 1. The van der Waals surface area contributed by atoms with E-state index >= 15 is 0 Å². The number of Topliss-reactive ketones (excluding diaryl/α,β-unsaturated/α-hetero) is 1. The van der Waals surface area contributed by atoms with Gasteiger partial charge in [0.1, 0.15) is 41.4 Å². The number of methoxy groups -OCH3 is 1. The predicted octanol–water partition coefficient (Wildman–Crippen LogP) is 5.53. The molecular weight excluding hydrogens is 816 g/mol. The van der Waals surface area contributed by atoms with Crippen molar-refractivity contribution < 1.29 is 43.2 Å². The molecule has 62 heavy (non-hydrogen) atoms. The molecule has 4 heterocycles. The number of rotatable bonds is 10. The number of alkyl carbamates (subject to hydrolysis) is 1. The fourth-order valence-electron chi connectivity index (χ4n) is 8.71. The highest BCUT2D eigenvalue weighted by atomic mass is 35.5. The Morgan fingerprint density at radius 2 is 1.94 bits per heavy atom. The fourth-order valence-corrected chi connectivity index (χ4v) is 8.98. The molecule has 16 heteroatoms. The van der Waals surface area contributed by atoms with Crippen molar-refractivity contribution in [2.24, 2.45) is 5.92 Å². The van der Waals surface area contributed by atoms with Crippen molar-refractivity contribution in [3.8, 4) is 0 Å². The molecule has 1 aliphatic carbocycles. The Balaban J connectivity index is 1.27. The van der Waals surface area contributed by atoms with Crippen LogP contribution in [0.25, 0.3) is 11.0 Å². The molecule has 2 unspecified atom stereocenters. The third-order valence-electron chi connectivity index (χ3n) is 12.9. The first-order valence-electron chi connectivity index (χ1n) is 21.1. The minimum Gasteiger partial charge on any atom is -0.457 e. The molecule has 2 fully saturated rings. The third-order valence-corrected chi connectivity index (χ3v) is 13.4. The Kier molecular flexibility index (Phi) is 14.4. The number of benzene rings is 1. The smallest absolute Gasteiger partial charge is 0.409 e. The van der Waals surface area contributed by atoms with Crippen LogP contribution in [0.5, 0.6) is 0 Å². The average Bonchev–Trinajstić information content (AvgIpc) is 3.81. The first-order chi connectivity index (χ1) is 29.3. The Labute approximate surface area is 368 Å². The van der Waals surface area contributed by atoms with Gasteiger partial charge in [0, 0.05) is 81.1 Å².